The maximum atomic E-state index is 10.6. The van der Waals surface area contributed by atoms with Gasteiger partial charge in [0.1, 0.15) is 0 Å². The van der Waals surface area contributed by atoms with Crippen LogP contribution < -0.4 is 5.73 Å². The third-order valence-corrected chi connectivity index (χ3v) is 5.90. The Morgan fingerprint density at radius 2 is 2.00 bits per heavy atom. The fourth-order valence-corrected chi connectivity index (χ4v) is 4.51. The first-order valence-corrected chi connectivity index (χ1v) is 10.4. The number of nitrogens with two attached hydrogens (primary N) is 1. The lowest BCUT2D eigenvalue weighted by molar-refractivity contribution is -0.192. The van der Waals surface area contributed by atoms with Crippen molar-refractivity contribution >= 4 is 34.2 Å². The number of pyridine rings is 1. The topological polar surface area (TPSA) is 79.5 Å². The molecular formula is C22H25ClF3N3O2. The molecule has 5 nitrogen and oxygen atoms in total. The van der Waals surface area contributed by atoms with Crippen LogP contribution >= 0.6 is 11.6 Å². The van der Waals surface area contributed by atoms with Crippen molar-refractivity contribution in [2.24, 2.45) is 5.92 Å². The zero-order chi connectivity index (χ0) is 22.9. The molecule has 168 valence electrons. The Labute approximate surface area is 183 Å². The van der Waals surface area contributed by atoms with Gasteiger partial charge in [-0.05, 0) is 69.8 Å². The lowest BCUT2D eigenvalue weighted by Crippen LogP contribution is -2.25. The molecule has 2 aromatic rings. The summed E-state index contributed by atoms with van der Waals surface area (Å²) in [4.78, 5) is 16.1. The van der Waals surface area contributed by atoms with Crippen molar-refractivity contribution in [1.82, 2.24) is 9.88 Å². The molecule has 3 N–H and O–H groups in total. The van der Waals surface area contributed by atoms with Gasteiger partial charge in [-0.15, -0.1) is 0 Å². The number of hydrogen-bond donors (Lipinski definition) is 2. The quantitative estimate of drug-likeness (QED) is 0.634. The first kappa shape index (κ1) is 23.3. The Bertz CT molecular complexity index is 1020. The minimum absolute atomic E-state index is 0.522. The molecule has 31 heavy (non-hydrogen) atoms. The number of nitrogen functional groups attached to an aromatic ring is 1. The Morgan fingerprint density at radius 3 is 2.61 bits per heavy atom. The molecule has 0 aliphatic heterocycles. The fourth-order valence-electron chi connectivity index (χ4n) is 4.34. The number of carboxylic acid groups (broad SMARTS) is 1. The molecule has 0 radical (unpaired) electrons. The van der Waals surface area contributed by atoms with Crippen molar-refractivity contribution in [2.75, 3.05) is 26.4 Å². The van der Waals surface area contributed by atoms with E-state index >= 15 is 0 Å². The summed E-state index contributed by atoms with van der Waals surface area (Å²) in [5, 5.41) is 8.89. The summed E-state index contributed by atoms with van der Waals surface area (Å²) in [6.07, 6.45) is 1.92. The van der Waals surface area contributed by atoms with Crippen LogP contribution in [0.2, 0.25) is 5.02 Å². The van der Waals surface area contributed by atoms with Gasteiger partial charge in [-0.1, -0.05) is 23.3 Å². The number of alkyl halides is 3. The van der Waals surface area contributed by atoms with Gasteiger partial charge in [-0.3, -0.25) is 4.98 Å². The molecule has 4 rings (SSSR count). The van der Waals surface area contributed by atoms with E-state index in [4.69, 9.17) is 32.2 Å². The molecule has 0 fully saturated rings. The van der Waals surface area contributed by atoms with Crippen molar-refractivity contribution in [1.29, 1.82) is 0 Å². The molecule has 0 saturated carbocycles. The lowest BCUT2D eigenvalue weighted by atomic mass is 9.70. The van der Waals surface area contributed by atoms with Gasteiger partial charge < -0.3 is 15.7 Å². The number of halogens is 4. The molecule has 1 heterocycles. The second-order valence-corrected chi connectivity index (χ2v) is 8.77. The van der Waals surface area contributed by atoms with Gasteiger partial charge in [0.15, 0.2) is 0 Å². The van der Waals surface area contributed by atoms with Crippen molar-refractivity contribution in [3.05, 3.63) is 46.1 Å². The Kier molecular flexibility index (Phi) is 6.81. The summed E-state index contributed by atoms with van der Waals surface area (Å²) in [6.45, 7) is 1.11. The summed E-state index contributed by atoms with van der Waals surface area (Å²) < 4.78 is 31.7. The highest BCUT2D eigenvalue weighted by molar-refractivity contribution is 6.31. The van der Waals surface area contributed by atoms with Gasteiger partial charge in [-0.2, -0.15) is 13.2 Å². The smallest absolute Gasteiger partial charge is 0.475 e. The van der Waals surface area contributed by atoms with Gasteiger partial charge in [0, 0.05) is 33.9 Å². The van der Waals surface area contributed by atoms with Gasteiger partial charge in [0.25, 0.3) is 0 Å². The number of carboxylic acids is 1. The molecule has 1 aromatic carbocycles. The fraction of sp³-hybridized carbons (Fsp3) is 0.455. The van der Waals surface area contributed by atoms with E-state index in [-0.39, 0.29) is 0 Å². The Balaban J connectivity index is 0.000000339. The first-order valence-electron chi connectivity index (χ1n) is 9.97. The largest absolute Gasteiger partial charge is 0.490 e. The van der Waals surface area contributed by atoms with Crippen LogP contribution in [0.4, 0.5) is 18.9 Å². The first-order chi connectivity index (χ1) is 14.5. The molecule has 0 saturated heterocycles. The number of aromatic nitrogens is 1. The van der Waals surface area contributed by atoms with Crippen LogP contribution in [0.15, 0.2) is 29.8 Å². The van der Waals surface area contributed by atoms with Crippen LogP contribution in [-0.4, -0.2) is 47.8 Å². The number of aliphatic carboxylic acids is 1. The molecule has 0 amide bonds. The van der Waals surface area contributed by atoms with Crippen LogP contribution in [0.25, 0.3) is 10.9 Å². The number of allylic oxidation sites excluding steroid dienone is 1. The van der Waals surface area contributed by atoms with Crippen molar-refractivity contribution in [3.63, 3.8) is 0 Å². The summed E-state index contributed by atoms with van der Waals surface area (Å²) >= 11 is 6.14. The van der Waals surface area contributed by atoms with E-state index in [9.17, 15) is 13.2 Å². The molecule has 9 heteroatoms. The minimum atomic E-state index is -5.08. The van der Waals surface area contributed by atoms with Crippen LogP contribution in [0.3, 0.4) is 0 Å². The van der Waals surface area contributed by atoms with E-state index in [1.807, 2.05) is 18.2 Å². The highest BCUT2D eigenvalue weighted by atomic mass is 35.5. The second-order valence-electron chi connectivity index (χ2n) is 8.33. The average molecular weight is 456 g/mol. The van der Waals surface area contributed by atoms with E-state index in [1.165, 1.54) is 17.7 Å². The second kappa shape index (κ2) is 9.04. The number of anilines is 1. The van der Waals surface area contributed by atoms with Gasteiger partial charge in [0.2, 0.25) is 0 Å². The highest BCUT2D eigenvalue weighted by Gasteiger charge is 2.38. The van der Waals surface area contributed by atoms with Crippen LogP contribution in [-0.2, 0) is 11.2 Å². The predicted octanol–water partition coefficient (Wildman–Crippen LogP) is 5.03. The number of hydrogen-bond acceptors (Lipinski definition) is 4. The number of fused-ring (bicyclic) bond motifs is 5. The molecule has 2 aliphatic carbocycles. The number of benzene rings is 1. The van der Waals surface area contributed by atoms with Crippen molar-refractivity contribution < 1.29 is 23.1 Å². The SMILES string of the molecule is CN(C)CCC1=CC2Cc3nc4cc(Cl)ccc4c(N)c3C(C1)C2.O=C(O)C(F)(F)F. The van der Waals surface area contributed by atoms with E-state index in [2.05, 4.69) is 25.1 Å². The van der Waals surface area contributed by atoms with Gasteiger partial charge in [0.05, 0.1) is 5.52 Å². The minimum Gasteiger partial charge on any atom is -0.475 e. The standard InChI is InChI=1S/C20H24ClN3.C2HF3O2/c1-24(2)6-5-12-7-13-9-14(8-12)19-18(10-13)23-17-11-15(21)3-4-16(17)20(19)22;3-2(4,5)1(6)7/h3-4,7,11,13-14H,5-6,8-10H2,1-2H3,(H2,22,23);(H,6,7). The molecule has 2 unspecified atom stereocenters. The summed E-state index contributed by atoms with van der Waals surface area (Å²) in [5.74, 6) is -1.63. The van der Waals surface area contributed by atoms with Gasteiger partial charge >= 0.3 is 12.1 Å². The van der Waals surface area contributed by atoms with E-state index < -0.39 is 12.1 Å². The summed E-state index contributed by atoms with van der Waals surface area (Å²) in [5.41, 5.74) is 12.5. The molecule has 2 atom stereocenters. The summed E-state index contributed by atoms with van der Waals surface area (Å²) in [7, 11) is 4.28. The number of rotatable bonds is 3. The Morgan fingerprint density at radius 1 is 1.32 bits per heavy atom. The maximum Gasteiger partial charge on any atom is 0.490 e. The maximum absolute atomic E-state index is 10.6. The van der Waals surface area contributed by atoms with Crippen molar-refractivity contribution in [2.45, 2.75) is 37.8 Å². The van der Waals surface area contributed by atoms with E-state index in [1.54, 1.807) is 5.57 Å². The molecule has 0 spiro atoms. The molecule has 2 bridgehead atoms. The summed E-state index contributed by atoms with van der Waals surface area (Å²) in [6, 6.07) is 5.84. The average Bonchev–Trinajstić information content (AvgIpc) is 2.65. The Hall–Kier alpha value is -2.32. The van der Waals surface area contributed by atoms with Crippen LogP contribution in [0, 0.1) is 5.92 Å². The zero-order valence-electron chi connectivity index (χ0n) is 17.3. The highest BCUT2D eigenvalue weighted by Crippen LogP contribution is 2.47. The number of nitrogens with zero attached hydrogens (tertiary/aromatic N) is 2. The van der Waals surface area contributed by atoms with E-state index in [0.717, 1.165) is 47.4 Å². The molecule has 2 aliphatic rings. The monoisotopic (exact) mass is 455 g/mol. The van der Waals surface area contributed by atoms with Crippen molar-refractivity contribution in [3.8, 4) is 0 Å². The van der Waals surface area contributed by atoms with E-state index in [0.29, 0.717) is 11.8 Å². The molecular weight excluding hydrogens is 431 g/mol. The predicted molar refractivity (Wildman–Crippen MR) is 115 cm³/mol. The van der Waals surface area contributed by atoms with Crippen LogP contribution in [0.5, 0.6) is 0 Å². The normalized spacial score (nSPS) is 20.0. The van der Waals surface area contributed by atoms with Crippen LogP contribution in [0.1, 0.15) is 36.4 Å². The molecule has 1 aromatic heterocycles. The third-order valence-electron chi connectivity index (χ3n) is 5.66. The number of carbonyl (C=O) groups is 1. The lowest BCUT2D eigenvalue weighted by Gasteiger charge is -2.36. The third kappa shape index (κ3) is 5.49. The van der Waals surface area contributed by atoms with Gasteiger partial charge in [-0.25, -0.2) is 4.79 Å². The zero-order valence-corrected chi connectivity index (χ0v) is 18.1.